The fourth-order valence-corrected chi connectivity index (χ4v) is 1.20. The normalized spacial score (nSPS) is 15.2. The molecule has 1 radical (unpaired) electrons. The van der Waals surface area contributed by atoms with Crippen molar-refractivity contribution in [2.45, 2.75) is 6.42 Å². The van der Waals surface area contributed by atoms with Crippen LogP contribution in [0.25, 0.3) is 0 Å². The van der Waals surface area contributed by atoms with Crippen molar-refractivity contribution in [1.82, 2.24) is 0 Å². The van der Waals surface area contributed by atoms with Crippen molar-refractivity contribution in [2.75, 3.05) is 4.90 Å². The molecule has 0 saturated heterocycles. The van der Waals surface area contributed by atoms with Gasteiger partial charge in [0.15, 0.2) is 0 Å². The monoisotopic (exact) mass is 156 g/mol. The molecule has 59 valence electrons. The van der Waals surface area contributed by atoms with Crippen LogP contribution in [0.2, 0.25) is 0 Å². The van der Waals surface area contributed by atoms with Gasteiger partial charge in [-0.2, -0.15) is 0 Å². The number of benzene rings is 1. The molecule has 1 heterocycles. The Hall–Kier alpha value is -1.50. The van der Waals surface area contributed by atoms with Gasteiger partial charge in [0.1, 0.15) is 0 Å². The lowest BCUT2D eigenvalue weighted by molar-refractivity contribution is 1.18. The lowest BCUT2D eigenvalue weighted by Gasteiger charge is -2.17. The highest BCUT2D eigenvalue weighted by molar-refractivity contribution is 5.52. The molecule has 1 aliphatic rings. The molecule has 0 unspecified atom stereocenters. The van der Waals surface area contributed by atoms with Gasteiger partial charge >= 0.3 is 0 Å². The highest BCUT2D eigenvalue weighted by Crippen LogP contribution is 2.16. The van der Waals surface area contributed by atoms with E-state index in [-0.39, 0.29) is 0 Å². The summed E-state index contributed by atoms with van der Waals surface area (Å²) < 4.78 is 0. The third kappa shape index (κ3) is 1.40. The Kier molecular flexibility index (Phi) is 1.95. The van der Waals surface area contributed by atoms with E-state index in [2.05, 4.69) is 35.5 Å². The first-order chi connectivity index (χ1) is 5.97. The minimum atomic E-state index is 1.04. The zero-order chi connectivity index (χ0) is 8.23. The van der Waals surface area contributed by atoms with Crippen molar-refractivity contribution in [2.24, 2.45) is 0 Å². The molecule has 2 rings (SSSR count). The molecule has 1 heteroatoms. The fraction of sp³-hybridized carbons (Fsp3) is 0.0909. The van der Waals surface area contributed by atoms with E-state index in [9.17, 15) is 0 Å². The number of anilines is 1. The molecule has 0 N–H and O–H groups in total. The van der Waals surface area contributed by atoms with Crippen LogP contribution in [0.5, 0.6) is 0 Å². The van der Waals surface area contributed by atoms with Crippen LogP contribution >= 0.6 is 0 Å². The SMILES string of the molecule is [c]1ccc(N2C=CCC=C2)cc1. The Morgan fingerprint density at radius 3 is 2.42 bits per heavy atom. The molecule has 0 saturated carbocycles. The summed E-state index contributed by atoms with van der Waals surface area (Å²) in [5, 5.41) is 0. The Balaban J connectivity index is 2.25. The molecule has 0 aliphatic carbocycles. The third-order valence-electron chi connectivity index (χ3n) is 1.80. The average molecular weight is 156 g/mol. The highest BCUT2D eigenvalue weighted by atomic mass is 15.1. The van der Waals surface area contributed by atoms with Gasteiger partial charge in [-0.25, -0.2) is 0 Å². The minimum Gasteiger partial charge on any atom is -0.324 e. The van der Waals surface area contributed by atoms with Crippen molar-refractivity contribution in [3.05, 3.63) is 54.9 Å². The lowest BCUT2D eigenvalue weighted by Crippen LogP contribution is -2.08. The number of nitrogens with zero attached hydrogens (tertiary/aromatic N) is 1. The van der Waals surface area contributed by atoms with Crippen LogP contribution in [0.1, 0.15) is 6.42 Å². The quantitative estimate of drug-likeness (QED) is 0.604. The molecule has 0 fully saturated rings. The molecular weight excluding hydrogens is 146 g/mol. The predicted octanol–water partition coefficient (Wildman–Crippen LogP) is 2.72. The molecular formula is C11H10N. The second-order valence-corrected chi connectivity index (χ2v) is 2.67. The standard InChI is InChI=1S/C11H10N/c1-3-7-11(8-4-1)12-9-5-2-6-10-12/h3-10H,2H2. The van der Waals surface area contributed by atoms with Crippen molar-refractivity contribution in [3.8, 4) is 0 Å². The topological polar surface area (TPSA) is 3.24 Å². The Morgan fingerprint density at radius 2 is 1.75 bits per heavy atom. The average Bonchev–Trinajstić information content (AvgIpc) is 2.21. The van der Waals surface area contributed by atoms with Gasteiger partial charge in [-0.3, -0.25) is 0 Å². The van der Waals surface area contributed by atoms with Crippen LogP contribution in [-0.2, 0) is 0 Å². The summed E-state index contributed by atoms with van der Waals surface area (Å²) in [6, 6.07) is 10.9. The maximum absolute atomic E-state index is 3.00. The molecule has 0 aromatic heterocycles. The number of allylic oxidation sites excluding steroid dienone is 2. The van der Waals surface area contributed by atoms with Gasteiger partial charge in [0.05, 0.1) is 0 Å². The second kappa shape index (κ2) is 3.26. The van der Waals surface area contributed by atoms with Crippen molar-refractivity contribution in [3.63, 3.8) is 0 Å². The van der Waals surface area contributed by atoms with E-state index in [0.717, 1.165) is 6.42 Å². The van der Waals surface area contributed by atoms with Crippen molar-refractivity contribution < 1.29 is 0 Å². The predicted molar refractivity (Wildman–Crippen MR) is 50.7 cm³/mol. The smallest absolute Gasteiger partial charge is 0.0449 e. The summed E-state index contributed by atoms with van der Waals surface area (Å²) in [5.74, 6) is 0. The van der Waals surface area contributed by atoms with Gasteiger partial charge in [-0.15, -0.1) is 0 Å². The molecule has 1 nitrogen and oxygen atoms in total. The Labute approximate surface area is 72.6 Å². The van der Waals surface area contributed by atoms with E-state index in [0.29, 0.717) is 0 Å². The maximum Gasteiger partial charge on any atom is 0.0449 e. The zero-order valence-electron chi connectivity index (χ0n) is 6.77. The van der Waals surface area contributed by atoms with Gasteiger partial charge < -0.3 is 4.90 Å². The van der Waals surface area contributed by atoms with E-state index in [1.165, 1.54) is 5.69 Å². The van der Waals surface area contributed by atoms with E-state index >= 15 is 0 Å². The van der Waals surface area contributed by atoms with E-state index in [4.69, 9.17) is 0 Å². The largest absolute Gasteiger partial charge is 0.324 e. The molecule has 1 aromatic rings. The van der Waals surface area contributed by atoms with Crippen LogP contribution < -0.4 is 4.90 Å². The van der Waals surface area contributed by atoms with Gasteiger partial charge in [0.2, 0.25) is 0 Å². The number of hydrogen-bond donors (Lipinski definition) is 0. The van der Waals surface area contributed by atoms with Crippen LogP contribution in [0.15, 0.2) is 48.8 Å². The van der Waals surface area contributed by atoms with Gasteiger partial charge in [0.25, 0.3) is 0 Å². The third-order valence-corrected chi connectivity index (χ3v) is 1.80. The Bertz CT molecular complexity index is 286. The summed E-state index contributed by atoms with van der Waals surface area (Å²) in [6.07, 6.45) is 9.47. The van der Waals surface area contributed by atoms with E-state index < -0.39 is 0 Å². The molecule has 0 spiro atoms. The Morgan fingerprint density at radius 1 is 1.08 bits per heavy atom. The van der Waals surface area contributed by atoms with Gasteiger partial charge in [-0.05, 0) is 24.6 Å². The van der Waals surface area contributed by atoms with Gasteiger partial charge in [-0.1, -0.05) is 24.3 Å². The summed E-state index contributed by atoms with van der Waals surface area (Å²) in [5.41, 5.74) is 1.18. The first-order valence-corrected chi connectivity index (χ1v) is 4.04. The van der Waals surface area contributed by atoms with Crippen molar-refractivity contribution in [1.29, 1.82) is 0 Å². The summed E-state index contributed by atoms with van der Waals surface area (Å²) in [4.78, 5) is 2.09. The van der Waals surface area contributed by atoms with E-state index in [1.54, 1.807) is 0 Å². The van der Waals surface area contributed by atoms with Crippen LogP contribution in [0.3, 0.4) is 0 Å². The minimum absolute atomic E-state index is 1.04. The summed E-state index contributed by atoms with van der Waals surface area (Å²) in [6.45, 7) is 0. The number of rotatable bonds is 1. The molecule has 12 heavy (non-hydrogen) atoms. The van der Waals surface area contributed by atoms with Gasteiger partial charge in [0, 0.05) is 18.1 Å². The fourth-order valence-electron chi connectivity index (χ4n) is 1.20. The first-order valence-electron chi connectivity index (χ1n) is 4.04. The molecule has 1 aromatic carbocycles. The molecule has 0 atom stereocenters. The molecule has 1 aliphatic heterocycles. The first kappa shape index (κ1) is 7.17. The van der Waals surface area contributed by atoms with Crippen LogP contribution in [-0.4, -0.2) is 0 Å². The summed E-state index contributed by atoms with van der Waals surface area (Å²) >= 11 is 0. The van der Waals surface area contributed by atoms with Crippen LogP contribution in [0.4, 0.5) is 5.69 Å². The molecule has 0 bridgehead atoms. The zero-order valence-corrected chi connectivity index (χ0v) is 6.77. The number of hydrogen-bond acceptors (Lipinski definition) is 1. The van der Waals surface area contributed by atoms with Crippen molar-refractivity contribution >= 4 is 5.69 Å². The molecule has 0 amide bonds. The second-order valence-electron chi connectivity index (χ2n) is 2.67. The highest BCUT2D eigenvalue weighted by Gasteiger charge is 1.98. The summed E-state index contributed by atoms with van der Waals surface area (Å²) in [7, 11) is 0. The maximum atomic E-state index is 3.00. The van der Waals surface area contributed by atoms with Crippen LogP contribution in [0, 0.1) is 6.07 Å². The lowest BCUT2D eigenvalue weighted by atomic mass is 10.2. The van der Waals surface area contributed by atoms with E-state index in [1.807, 2.05) is 24.3 Å².